The van der Waals surface area contributed by atoms with Gasteiger partial charge in [-0.1, -0.05) is 13.8 Å². The lowest BCUT2D eigenvalue weighted by Gasteiger charge is -2.17. The number of aliphatic carboxylic acids is 1. The summed E-state index contributed by atoms with van der Waals surface area (Å²) in [5.41, 5.74) is 1.99. The van der Waals surface area contributed by atoms with Crippen LogP contribution < -0.4 is 0 Å². The van der Waals surface area contributed by atoms with Crippen molar-refractivity contribution >= 4 is 11.9 Å². The molecule has 6 nitrogen and oxygen atoms in total. The Morgan fingerprint density at radius 3 is 2.56 bits per heavy atom. The molecular formula is C12H19N3O3. The number of hydrogen-bond donors (Lipinski definition) is 2. The highest BCUT2D eigenvalue weighted by Gasteiger charge is 2.23. The fourth-order valence-electron chi connectivity index (χ4n) is 1.69. The minimum absolute atomic E-state index is 0.0594. The number of aryl methyl sites for hydroxylation is 1. The summed E-state index contributed by atoms with van der Waals surface area (Å²) in [5.74, 6) is -0.962. The molecule has 18 heavy (non-hydrogen) atoms. The maximum absolute atomic E-state index is 12.2. The van der Waals surface area contributed by atoms with Crippen LogP contribution in [0.5, 0.6) is 0 Å². The lowest BCUT2D eigenvalue weighted by Crippen LogP contribution is -2.30. The summed E-state index contributed by atoms with van der Waals surface area (Å²) in [6.07, 6.45) is -0.0594. The fourth-order valence-corrected chi connectivity index (χ4v) is 1.69. The Labute approximate surface area is 106 Å². The van der Waals surface area contributed by atoms with Crippen LogP contribution in [0, 0.1) is 6.92 Å². The number of aromatic nitrogens is 2. The summed E-state index contributed by atoms with van der Waals surface area (Å²) in [7, 11) is 1.60. The van der Waals surface area contributed by atoms with E-state index in [0.717, 1.165) is 5.69 Å². The second-order valence-corrected chi connectivity index (χ2v) is 4.63. The monoisotopic (exact) mass is 253 g/mol. The van der Waals surface area contributed by atoms with Gasteiger partial charge in [-0.05, 0) is 12.8 Å². The van der Waals surface area contributed by atoms with Gasteiger partial charge in [-0.15, -0.1) is 0 Å². The molecule has 6 heteroatoms. The molecule has 0 atom stereocenters. The lowest BCUT2D eigenvalue weighted by molar-refractivity contribution is -0.137. The molecule has 1 aromatic rings. The van der Waals surface area contributed by atoms with Gasteiger partial charge in [0.15, 0.2) is 0 Å². The van der Waals surface area contributed by atoms with Crippen LogP contribution in [0.4, 0.5) is 0 Å². The van der Waals surface area contributed by atoms with Crippen LogP contribution in [0.3, 0.4) is 0 Å². The summed E-state index contributed by atoms with van der Waals surface area (Å²) in [6.45, 7) is 5.90. The van der Waals surface area contributed by atoms with Crippen LogP contribution in [0.25, 0.3) is 0 Å². The number of nitrogens with zero attached hydrogens (tertiary/aromatic N) is 2. The van der Waals surface area contributed by atoms with E-state index in [9.17, 15) is 9.59 Å². The molecule has 0 saturated heterocycles. The van der Waals surface area contributed by atoms with Crippen molar-refractivity contribution in [1.82, 2.24) is 15.1 Å². The van der Waals surface area contributed by atoms with Crippen molar-refractivity contribution in [3.05, 3.63) is 17.0 Å². The number of carbonyl (C=O) groups is 2. The minimum Gasteiger partial charge on any atom is -0.481 e. The molecule has 1 heterocycles. The van der Waals surface area contributed by atoms with Crippen LogP contribution in [-0.4, -0.2) is 45.7 Å². The van der Waals surface area contributed by atoms with Crippen molar-refractivity contribution in [1.29, 1.82) is 0 Å². The molecule has 2 N–H and O–H groups in total. The van der Waals surface area contributed by atoms with Crippen molar-refractivity contribution in [2.45, 2.75) is 33.1 Å². The van der Waals surface area contributed by atoms with Crippen LogP contribution in [0.1, 0.15) is 47.9 Å². The number of amides is 1. The summed E-state index contributed by atoms with van der Waals surface area (Å²) in [6, 6.07) is 0. The summed E-state index contributed by atoms with van der Waals surface area (Å²) in [5, 5.41) is 15.5. The smallest absolute Gasteiger partial charge is 0.305 e. The van der Waals surface area contributed by atoms with Crippen LogP contribution in [-0.2, 0) is 4.79 Å². The molecule has 100 valence electrons. The normalized spacial score (nSPS) is 10.7. The molecular weight excluding hydrogens is 234 g/mol. The molecule has 0 aliphatic rings. The van der Waals surface area contributed by atoms with E-state index < -0.39 is 5.97 Å². The zero-order valence-corrected chi connectivity index (χ0v) is 11.1. The molecule has 0 unspecified atom stereocenters. The van der Waals surface area contributed by atoms with E-state index in [1.54, 1.807) is 14.0 Å². The van der Waals surface area contributed by atoms with E-state index in [2.05, 4.69) is 10.2 Å². The SMILES string of the molecule is Cc1[nH]nc(C(C)C)c1C(=O)N(C)CCC(=O)O. The van der Waals surface area contributed by atoms with E-state index in [1.807, 2.05) is 13.8 Å². The highest BCUT2D eigenvalue weighted by molar-refractivity contribution is 5.96. The van der Waals surface area contributed by atoms with E-state index in [4.69, 9.17) is 5.11 Å². The number of H-pyrrole nitrogens is 1. The molecule has 1 rings (SSSR count). The number of nitrogens with one attached hydrogen (secondary N) is 1. The molecule has 1 amide bonds. The minimum atomic E-state index is -0.914. The molecule has 0 aliphatic carbocycles. The van der Waals surface area contributed by atoms with Gasteiger partial charge in [0.25, 0.3) is 5.91 Å². The van der Waals surface area contributed by atoms with Gasteiger partial charge in [-0.2, -0.15) is 5.10 Å². The number of carboxylic acids is 1. The number of hydrogen-bond acceptors (Lipinski definition) is 3. The maximum atomic E-state index is 12.2. The highest BCUT2D eigenvalue weighted by Crippen LogP contribution is 2.20. The second kappa shape index (κ2) is 5.66. The third kappa shape index (κ3) is 3.09. The number of carbonyl (C=O) groups excluding carboxylic acids is 1. The first kappa shape index (κ1) is 14.2. The van der Waals surface area contributed by atoms with Gasteiger partial charge in [0.2, 0.25) is 0 Å². The molecule has 0 aliphatic heterocycles. The van der Waals surface area contributed by atoms with Crippen LogP contribution >= 0.6 is 0 Å². The van der Waals surface area contributed by atoms with Crippen molar-refractivity contribution < 1.29 is 14.7 Å². The van der Waals surface area contributed by atoms with Crippen LogP contribution in [0.15, 0.2) is 0 Å². The first-order chi connectivity index (χ1) is 8.34. The molecule has 1 aromatic heterocycles. The van der Waals surface area contributed by atoms with Gasteiger partial charge in [0, 0.05) is 19.3 Å². The Kier molecular flexibility index (Phi) is 4.47. The second-order valence-electron chi connectivity index (χ2n) is 4.63. The summed E-state index contributed by atoms with van der Waals surface area (Å²) >= 11 is 0. The average molecular weight is 253 g/mol. The Morgan fingerprint density at radius 2 is 2.06 bits per heavy atom. The largest absolute Gasteiger partial charge is 0.481 e. The van der Waals surface area contributed by atoms with Crippen molar-refractivity contribution in [2.24, 2.45) is 0 Å². The lowest BCUT2D eigenvalue weighted by atomic mass is 10.0. The van der Waals surface area contributed by atoms with Gasteiger partial charge in [0.1, 0.15) is 0 Å². The number of aromatic amines is 1. The molecule has 0 fully saturated rings. The Bertz CT molecular complexity index is 451. The quantitative estimate of drug-likeness (QED) is 0.830. The van der Waals surface area contributed by atoms with Gasteiger partial charge < -0.3 is 10.0 Å². The van der Waals surface area contributed by atoms with Gasteiger partial charge in [-0.25, -0.2) is 0 Å². The summed E-state index contributed by atoms with van der Waals surface area (Å²) in [4.78, 5) is 24.2. The van der Waals surface area contributed by atoms with E-state index in [0.29, 0.717) is 11.3 Å². The van der Waals surface area contributed by atoms with E-state index in [1.165, 1.54) is 4.90 Å². The third-order valence-electron chi connectivity index (χ3n) is 2.74. The van der Waals surface area contributed by atoms with Crippen LogP contribution in [0.2, 0.25) is 0 Å². The number of rotatable bonds is 5. The fraction of sp³-hybridized carbons (Fsp3) is 0.583. The Hall–Kier alpha value is -1.85. The van der Waals surface area contributed by atoms with Gasteiger partial charge in [-0.3, -0.25) is 14.7 Å². The van der Waals surface area contributed by atoms with E-state index >= 15 is 0 Å². The molecule has 0 aromatic carbocycles. The van der Waals surface area contributed by atoms with Gasteiger partial charge in [0.05, 0.1) is 17.7 Å². The first-order valence-corrected chi connectivity index (χ1v) is 5.86. The van der Waals surface area contributed by atoms with Crippen molar-refractivity contribution in [3.63, 3.8) is 0 Å². The molecule has 0 bridgehead atoms. The maximum Gasteiger partial charge on any atom is 0.305 e. The van der Waals surface area contributed by atoms with Crippen molar-refractivity contribution in [2.75, 3.05) is 13.6 Å². The zero-order chi connectivity index (χ0) is 13.9. The molecule has 0 saturated carbocycles. The highest BCUT2D eigenvalue weighted by atomic mass is 16.4. The molecule has 0 radical (unpaired) electrons. The standard InChI is InChI=1S/C12H19N3O3/c1-7(2)11-10(8(3)13-14-11)12(18)15(4)6-5-9(16)17/h7H,5-6H2,1-4H3,(H,13,14)(H,16,17). The molecule has 0 spiro atoms. The topological polar surface area (TPSA) is 86.3 Å². The Morgan fingerprint density at radius 1 is 1.44 bits per heavy atom. The van der Waals surface area contributed by atoms with E-state index in [-0.39, 0.29) is 24.8 Å². The average Bonchev–Trinajstić information content (AvgIpc) is 2.67. The third-order valence-corrected chi connectivity index (χ3v) is 2.74. The number of carboxylic acid groups (broad SMARTS) is 1. The summed E-state index contributed by atoms with van der Waals surface area (Å²) < 4.78 is 0. The Balaban J connectivity index is 2.89. The van der Waals surface area contributed by atoms with Gasteiger partial charge >= 0.3 is 5.97 Å². The first-order valence-electron chi connectivity index (χ1n) is 5.86. The van der Waals surface area contributed by atoms with Crippen molar-refractivity contribution in [3.8, 4) is 0 Å². The predicted octanol–water partition coefficient (Wildman–Crippen LogP) is 1.39. The zero-order valence-electron chi connectivity index (χ0n) is 11.1. The predicted molar refractivity (Wildman–Crippen MR) is 66.6 cm³/mol.